The molecule has 0 aliphatic heterocycles. The summed E-state index contributed by atoms with van der Waals surface area (Å²) in [7, 11) is 3.71. The smallest absolute Gasteiger partial charge is 0.156 e. The van der Waals surface area contributed by atoms with Crippen molar-refractivity contribution in [1.29, 1.82) is 0 Å². The third-order valence-corrected chi connectivity index (χ3v) is 4.95. The average Bonchev–Trinajstić information content (AvgIpc) is 3.34. The molecule has 1 aromatic carbocycles. The van der Waals surface area contributed by atoms with Crippen LogP contribution in [0.1, 0.15) is 0 Å². The van der Waals surface area contributed by atoms with Gasteiger partial charge in [-0.25, -0.2) is 13.9 Å². The lowest BCUT2D eigenvalue weighted by molar-refractivity contribution is 0.628. The zero-order valence-electron chi connectivity index (χ0n) is 16.4. The van der Waals surface area contributed by atoms with Crippen LogP contribution in [0.15, 0.2) is 67.1 Å². The molecule has 8 heteroatoms. The molecular formula is C22H18FN7. The maximum absolute atomic E-state index is 13.5. The molecule has 0 saturated carbocycles. The van der Waals surface area contributed by atoms with Gasteiger partial charge in [0.1, 0.15) is 17.3 Å². The van der Waals surface area contributed by atoms with E-state index in [9.17, 15) is 4.39 Å². The van der Waals surface area contributed by atoms with Crippen molar-refractivity contribution in [2.24, 2.45) is 7.05 Å². The van der Waals surface area contributed by atoms with Gasteiger partial charge in [0.15, 0.2) is 5.65 Å². The number of nitrogens with zero attached hydrogens (tertiary/aromatic N) is 6. The van der Waals surface area contributed by atoms with Crippen molar-refractivity contribution >= 4 is 11.5 Å². The third kappa shape index (κ3) is 2.98. The molecule has 0 radical (unpaired) electrons. The van der Waals surface area contributed by atoms with Crippen molar-refractivity contribution < 1.29 is 4.39 Å². The van der Waals surface area contributed by atoms with Crippen LogP contribution in [0, 0.1) is 5.82 Å². The maximum atomic E-state index is 13.5. The number of aryl methyl sites for hydroxylation is 1. The highest BCUT2D eigenvalue weighted by atomic mass is 19.1. The van der Waals surface area contributed by atoms with Crippen LogP contribution in [0.25, 0.3) is 39.4 Å². The number of rotatable bonds is 4. The minimum atomic E-state index is -0.289. The number of hydrogen-bond donors (Lipinski definition) is 1. The zero-order valence-corrected chi connectivity index (χ0v) is 16.4. The monoisotopic (exact) mass is 399 g/mol. The van der Waals surface area contributed by atoms with Crippen molar-refractivity contribution in [1.82, 2.24) is 29.4 Å². The van der Waals surface area contributed by atoms with Crippen molar-refractivity contribution in [3.05, 3.63) is 72.9 Å². The molecule has 4 heterocycles. The van der Waals surface area contributed by atoms with Gasteiger partial charge < -0.3 is 5.32 Å². The summed E-state index contributed by atoms with van der Waals surface area (Å²) in [6.45, 7) is 0. The largest absolute Gasteiger partial charge is 0.372 e. The van der Waals surface area contributed by atoms with Gasteiger partial charge in [0, 0.05) is 37.6 Å². The van der Waals surface area contributed by atoms with Crippen LogP contribution in [0.3, 0.4) is 0 Å². The molecule has 4 aromatic heterocycles. The highest BCUT2D eigenvalue weighted by Gasteiger charge is 2.22. The summed E-state index contributed by atoms with van der Waals surface area (Å²) < 4.78 is 17.1. The molecule has 148 valence electrons. The lowest BCUT2D eigenvalue weighted by Gasteiger charge is -2.08. The Balaban J connectivity index is 1.79. The summed E-state index contributed by atoms with van der Waals surface area (Å²) in [5.74, 6) is 0.446. The van der Waals surface area contributed by atoms with E-state index in [1.165, 1.54) is 12.1 Å². The lowest BCUT2D eigenvalue weighted by atomic mass is 9.99. The molecule has 5 aromatic rings. The SMILES string of the molecule is CNc1cn2nc(-c3c(-c4ccc(F)cc4)nn(C)c3-c3ccncc3)ccc2n1. The van der Waals surface area contributed by atoms with Crippen LogP contribution in [0.5, 0.6) is 0 Å². The van der Waals surface area contributed by atoms with E-state index >= 15 is 0 Å². The van der Waals surface area contributed by atoms with Gasteiger partial charge in [-0.15, -0.1) is 0 Å². The van der Waals surface area contributed by atoms with Gasteiger partial charge in [-0.05, 0) is 48.5 Å². The number of anilines is 1. The zero-order chi connectivity index (χ0) is 20.7. The molecule has 5 rings (SSSR count). The minimum absolute atomic E-state index is 0.289. The van der Waals surface area contributed by atoms with E-state index in [2.05, 4.69) is 15.3 Å². The number of aromatic nitrogens is 6. The van der Waals surface area contributed by atoms with Gasteiger partial charge in [-0.3, -0.25) is 9.67 Å². The highest BCUT2D eigenvalue weighted by molar-refractivity contribution is 5.90. The van der Waals surface area contributed by atoms with Crippen LogP contribution in [-0.2, 0) is 7.05 Å². The van der Waals surface area contributed by atoms with Crippen molar-refractivity contribution in [2.45, 2.75) is 0 Å². The molecule has 0 spiro atoms. The second-order valence-electron chi connectivity index (χ2n) is 6.84. The van der Waals surface area contributed by atoms with E-state index in [4.69, 9.17) is 10.2 Å². The number of pyridine rings is 1. The Kier molecular flexibility index (Phi) is 4.24. The summed E-state index contributed by atoms with van der Waals surface area (Å²) in [5.41, 5.74) is 5.74. The predicted octanol–water partition coefficient (Wildman–Crippen LogP) is 4.04. The van der Waals surface area contributed by atoms with Crippen molar-refractivity contribution in [3.8, 4) is 33.8 Å². The Labute approximate surface area is 171 Å². The maximum Gasteiger partial charge on any atom is 0.156 e. The standard InChI is InChI=1S/C22H18FN7/c1-24-18-13-30-19(26-18)8-7-17(27-30)20-21(14-3-5-16(23)6-4-14)28-29(2)22(20)15-9-11-25-12-10-15/h3-13,24H,1-2H3. The molecular weight excluding hydrogens is 381 g/mol. The summed E-state index contributed by atoms with van der Waals surface area (Å²) in [5, 5.41) is 12.6. The van der Waals surface area contributed by atoms with E-state index in [0.29, 0.717) is 0 Å². The molecule has 0 atom stereocenters. The van der Waals surface area contributed by atoms with Gasteiger partial charge in [0.05, 0.1) is 23.1 Å². The van der Waals surface area contributed by atoms with Gasteiger partial charge in [-0.1, -0.05) is 0 Å². The molecule has 0 aliphatic rings. The Morgan fingerprint density at radius 3 is 2.40 bits per heavy atom. The topological polar surface area (TPSA) is 72.9 Å². The van der Waals surface area contributed by atoms with Crippen LogP contribution in [0.2, 0.25) is 0 Å². The van der Waals surface area contributed by atoms with Crippen LogP contribution < -0.4 is 5.32 Å². The minimum Gasteiger partial charge on any atom is -0.372 e. The number of fused-ring (bicyclic) bond motifs is 1. The Morgan fingerprint density at radius 2 is 1.67 bits per heavy atom. The van der Waals surface area contributed by atoms with Crippen molar-refractivity contribution in [2.75, 3.05) is 12.4 Å². The highest BCUT2D eigenvalue weighted by Crippen LogP contribution is 2.38. The third-order valence-electron chi connectivity index (χ3n) is 4.95. The number of imidazole rings is 1. The quantitative estimate of drug-likeness (QED) is 0.494. The molecule has 0 amide bonds. The fourth-order valence-electron chi connectivity index (χ4n) is 3.55. The molecule has 7 nitrogen and oxygen atoms in total. The number of halogens is 1. The first-order valence-corrected chi connectivity index (χ1v) is 9.42. The fraction of sp³-hybridized carbons (Fsp3) is 0.0909. The molecule has 0 unspecified atom stereocenters. The van der Waals surface area contributed by atoms with E-state index in [1.807, 2.05) is 49.2 Å². The molecule has 1 N–H and O–H groups in total. The first-order chi connectivity index (χ1) is 14.6. The first-order valence-electron chi connectivity index (χ1n) is 9.42. The van der Waals surface area contributed by atoms with Gasteiger partial charge in [0.25, 0.3) is 0 Å². The summed E-state index contributed by atoms with van der Waals surface area (Å²) in [6.07, 6.45) is 5.32. The normalized spacial score (nSPS) is 11.2. The lowest BCUT2D eigenvalue weighted by Crippen LogP contribution is -1.97. The Bertz CT molecular complexity index is 1340. The summed E-state index contributed by atoms with van der Waals surface area (Å²) in [6, 6.07) is 14.0. The van der Waals surface area contributed by atoms with Gasteiger partial charge in [0.2, 0.25) is 0 Å². The molecule has 0 bridgehead atoms. The van der Waals surface area contributed by atoms with Crippen LogP contribution in [-0.4, -0.2) is 36.4 Å². The second-order valence-corrected chi connectivity index (χ2v) is 6.84. The number of benzene rings is 1. The van der Waals surface area contributed by atoms with E-state index in [-0.39, 0.29) is 5.82 Å². The van der Waals surface area contributed by atoms with Gasteiger partial charge in [-0.2, -0.15) is 10.2 Å². The van der Waals surface area contributed by atoms with Crippen LogP contribution in [0.4, 0.5) is 10.2 Å². The molecule has 0 fully saturated rings. The fourth-order valence-corrected chi connectivity index (χ4v) is 3.55. The average molecular weight is 399 g/mol. The van der Waals surface area contributed by atoms with E-state index in [0.717, 1.165) is 45.2 Å². The summed E-state index contributed by atoms with van der Waals surface area (Å²) >= 11 is 0. The van der Waals surface area contributed by atoms with Crippen LogP contribution >= 0.6 is 0 Å². The Hall–Kier alpha value is -4.07. The molecule has 0 saturated heterocycles. The number of nitrogens with one attached hydrogen (secondary N) is 1. The molecule has 0 aliphatic carbocycles. The first kappa shape index (κ1) is 18.0. The van der Waals surface area contributed by atoms with Gasteiger partial charge >= 0.3 is 0 Å². The van der Waals surface area contributed by atoms with E-state index < -0.39 is 0 Å². The predicted molar refractivity (Wildman–Crippen MR) is 113 cm³/mol. The summed E-state index contributed by atoms with van der Waals surface area (Å²) in [4.78, 5) is 8.59. The Morgan fingerprint density at radius 1 is 0.900 bits per heavy atom. The second kappa shape index (κ2) is 7.07. The van der Waals surface area contributed by atoms with E-state index in [1.54, 1.807) is 29.0 Å². The number of hydrogen-bond acceptors (Lipinski definition) is 5. The molecule has 30 heavy (non-hydrogen) atoms. The van der Waals surface area contributed by atoms with Crippen molar-refractivity contribution in [3.63, 3.8) is 0 Å².